The summed E-state index contributed by atoms with van der Waals surface area (Å²) in [6, 6.07) is 5.85. The van der Waals surface area contributed by atoms with Gasteiger partial charge in [-0.2, -0.15) is 5.10 Å². The van der Waals surface area contributed by atoms with Gasteiger partial charge in [-0.3, -0.25) is 9.48 Å². The van der Waals surface area contributed by atoms with Crippen molar-refractivity contribution in [2.45, 2.75) is 19.3 Å². The van der Waals surface area contributed by atoms with Crippen LogP contribution in [0.15, 0.2) is 24.3 Å². The van der Waals surface area contributed by atoms with Crippen LogP contribution in [0.5, 0.6) is 0 Å². The molecular formula is C14H14FN3O. The highest BCUT2D eigenvalue weighted by Gasteiger charge is 2.25. The van der Waals surface area contributed by atoms with E-state index in [2.05, 4.69) is 10.4 Å². The Morgan fingerprint density at radius 3 is 3.05 bits per heavy atom. The van der Waals surface area contributed by atoms with Crippen molar-refractivity contribution in [2.75, 3.05) is 5.32 Å². The number of carbonyl (C=O) groups excluding carboxylic acids is 1. The smallest absolute Gasteiger partial charge is 0.276 e. The maximum atomic E-state index is 13.1. The Balaban J connectivity index is 1.87. The van der Waals surface area contributed by atoms with Crippen LogP contribution < -0.4 is 5.32 Å². The zero-order chi connectivity index (χ0) is 13.4. The zero-order valence-electron chi connectivity index (χ0n) is 10.6. The summed E-state index contributed by atoms with van der Waals surface area (Å²) in [6.45, 7) is 0. The molecule has 1 heterocycles. The summed E-state index contributed by atoms with van der Waals surface area (Å²) >= 11 is 0. The van der Waals surface area contributed by atoms with Gasteiger partial charge < -0.3 is 5.32 Å². The van der Waals surface area contributed by atoms with Crippen molar-refractivity contribution >= 4 is 11.6 Å². The molecule has 0 saturated carbocycles. The van der Waals surface area contributed by atoms with Gasteiger partial charge in [-0.25, -0.2) is 4.39 Å². The van der Waals surface area contributed by atoms with Crippen molar-refractivity contribution in [3.63, 3.8) is 0 Å². The standard InChI is InChI=1S/C14H14FN3O/c1-18-12-7-3-6-11(12)13(17-18)14(19)16-10-5-2-4-9(15)8-10/h2,4-5,8H,3,6-7H2,1H3,(H,16,19). The molecule has 1 aromatic heterocycles. The molecule has 2 aromatic rings. The first-order valence-electron chi connectivity index (χ1n) is 6.27. The average molecular weight is 259 g/mol. The first-order valence-corrected chi connectivity index (χ1v) is 6.27. The highest BCUT2D eigenvalue weighted by atomic mass is 19.1. The SMILES string of the molecule is Cn1nc(C(=O)Nc2cccc(F)c2)c2c1CCC2. The number of hydrogen-bond donors (Lipinski definition) is 1. The summed E-state index contributed by atoms with van der Waals surface area (Å²) in [5.74, 6) is -0.645. The minimum Gasteiger partial charge on any atom is -0.320 e. The Labute approximate surface area is 110 Å². The molecule has 1 aromatic carbocycles. The van der Waals surface area contributed by atoms with Gasteiger partial charge in [0.15, 0.2) is 5.69 Å². The van der Waals surface area contributed by atoms with Crippen LogP contribution in [-0.2, 0) is 19.9 Å². The van der Waals surface area contributed by atoms with Crippen molar-refractivity contribution in [2.24, 2.45) is 7.05 Å². The first-order chi connectivity index (χ1) is 9.15. The number of anilines is 1. The van der Waals surface area contributed by atoms with E-state index in [1.165, 1.54) is 12.1 Å². The van der Waals surface area contributed by atoms with Gasteiger partial charge in [0.2, 0.25) is 0 Å². The van der Waals surface area contributed by atoms with Gasteiger partial charge in [0.05, 0.1) is 0 Å². The van der Waals surface area contributed by atoms with E-state index in [-0.39, 0.29) is 11.7 Å². The molecule has 4 nitrogen and oxygen atoms in total. The maximum Gasteiger partial charge on any atom is 0.276 e. The Bertz CT molecular complexity index is 648. The number of fused-ring (bicyclic) bond motifs is 1. The lowest BCUT2D eigenvalue weighted by Gasteiger charge is -2.04. The highest BCUT2D eigenvalue weighted by Crippen LogP contribution is 2.25. The lowest BCUT2D eigenvalue weighted by molar-refractivity contribution is 0.102. The third-order valence-corrected chi connectivity index (χ3v) is 3.41. The van der Waals surface area contributed by atoms with Crippen molar-refractivity contribution < 1.29 is 9.18 Å². The highest BCUT2D eigenvalue weighted by molar-refractivity contribution is 6.04. The van der Waals surface area contributed by atoms with Gasteiger partial charge in [0.1, 0.15) is 5.82 Å². The monoisotopic (exact) mass is 259 g/mol. The summed E-state index contributed by atoms with van der Waals surface area (Å²) in [5, 5.41) is 6.95. The minimum absolute atomic E-state index is 0.274. The Morgan fingerprint density at radius 1 is 1.42 bits per heavy atom. The molecule has 98 valence electrons. The molecule has 0 bridgehead atoms. The number of hydrogen-bond acceptors (Lipinski definition) is 2. The zero-order valence-corrected chi connectivity index (χ0v) is 10.6. The lowest BCUT2D eigenvalue weighted by Crippen LogP contribution is -2.14. The van der Waals surface area contributed by atoms with Crippen molar-refractivity contribution in [1.29, 1.82) is 0 Å². The van der Waals surface area contributed by atoms with Crippen LogP contribution in [0, 0.1) is 5.82 Å². The van der Waals surface area contributed by atoms with Crippen LogP contribution in [0.3, 0.4) is 0 Å². The Hall–Kier alpha value is -2.17. The van der Waals surface area contributed by atoms with Crippen LogP contribution in [0.4, 0.5) is 10.1 Å². The average Bonchev–Trinajstić information content (AvgIpc) is 2.93. The van der Waals surface area contributed by atoms with Crippen molar-refractivity contribution in [1.82, 2.24) is 9.78 Å². The number of halogens is 1. The normalized spacial score (nSPS) is 13.4. The molecule has 0 fully saturated rings. The molecule has 19 heavy (non-hydrogen) atoms. The minimum atomic E-state index is -0.371. The second-order valence-corrected chi connectivity index (χ2v) is 4.72. The molecule has 0 spiro atoms. The predicted molar refractivity (Wildman–Crippen MR) is 69.6 cm³/mol. The molecule has 0 atom stereocenters. The molecule has 0 saturated heterocycles. The largest absolute Gasteiger partial charge is 0.320 e. The fourth-order valence-corrected chi connectivity index (χ4v) is 2.55. The van der Waals surface area contributed by atoms with E-state index in [0.29, 0.717) is 11.4 Å². The maximum absolute atomic E-state index is 13.1. The van der Waals surface area contributed by atoms with Crippen LogP contribution in [0.25, 0.3) is 0 Å². The third kappa shape index (κ3) is 2.12. The number of aromatic nitrogens is 2. The van der Waals surface area contributed by atoms with Gasteiger partial charge in [-0.15, -0.1) is 0 Å². The van der Waals surface area contributed by atoms with E-state index in [1.54, 1.807) is 16.8 Å². The van der Waals surface area contributed by atoms with Gasteiger partial charge in [-0.05, 0) is 37.5 Å². The van der Waals surface area contributed by atoms with Crippen molar-refractivity contribution in [3.8, 4) is 0 Å². The fourth-order valence-electron chi connectivity index (χ4n) is 2.55. The van der Waals surface area contributed by atoms with E-state index >= 15 is 0 Å². The molecule has 1 aliphatic carbocycles. The van der Waals surface area contributed by atoms with E-state index < -0.39 is 0 Å². The molecule has 5 heteroatoms. The van der Waals surface area contributed by atoms with Gasteiger partial charge in [-0.1, -0.05) is 6.07 Å². The molecular weight excluding hydrogens is 245 g/mol. The summed E-state index contributed by atoms with van der Waals surface area (Å²) in [4.78, 5) is 12.2. The molecule has 1 aliphatic rings. The molecule has 1 N–H and O–H groups in total. The van der Waals surface area contributed by atoms with Crippen LogP contribution in [0.1, 0.15) is 28.2 Å². The Morgan fingerprint density at radius 2 is 2.26 bits per heavy atom. The number of benzene rings is 1. The van der Waals surface area contributed by atoms with E-state index in [1.807, 2.05) is 7.05 Å². The summed E-state index contributed by atoms with van der Waals surface area (Å²) in [6.07, 6.45) is 2.91. The molecule has 0 aliphatic heterocycles. The molecule has 0 radical (unpaired) electrons. The second-order valence-electron chi connectivity index (χ2n) is 4.72. The summed E-state index contributed by atoms with van der Waals surface area (Å²) in [7, 11) is 1.85. The molecule has 0 unspecified atom stereocenters. The second kappa shape index (κ2) is 4.50. The van der Waals surface area contributed by atoms with E-state index in [4.69, 9.17) is 0 Å². The Kier molecular flexibility index (Phi) is 2.81. The number of carbonyl (C=O) groups is 1. The van der Waals surface area contributed by atoms with Crippen LogP contribution in [0.2, 0.25) is 0 Å². The van der Waals surface area contributed by atoms with Gasteiger partial charge >= 0.3 is 0 Å². The van der Waals surface area contributed by atoms with Gasteiger partial charge in [0, 0.05) is 24.0 Å². The first kappa shape index (κ1) is 11.9. The van der Waals surface area contributed by atoms with E-state index in [0.717, 1.165) is 30.5 Å². The number of aryl methyl sites for hydroxylation is 1. The van der Waals surface area contributed by atoms with Crippen LogP contribution >= 0.6 is 0 Å². The van der Waals surface area contributed by atoms with Crippen LogP contribution in [-0.4, -0.2) is 15.7 Å². The number of nitrogens with zero attached hydrogens (tertiary/aromatic N) is 2. The predicted octanol–water partition coefficient (Wildman–Crippen LogP) is 2.30. The number of amides is 1. The third-order valence-electron chi connectivity index (χ3n) is 3.41. The van der Waals surface area contributed by atoms with E-state index in [9.17, 15) is 9.18 Å². The summed E-state index contributed by atoms with van der Waals surface area (Å²) < 4.78 is 14.8. The number of rotatable bonds is 2. The topological polar surface area (TPSA) is 46.9 Å². The number of nitrogens with one attached hydrogen (secondary N) is 1. The molecule has 3 rings (SSSR count). The lowest BCUT2D eigenvalue weighted by atomic mass is 10.2. The summed E-state index contributed by atoms with van der Waals surface area (Å²) in [5.41, 5.74) is 3.06. The molecule has 1 amide bonds. The van der Waals surface area contributed by atoms with Crippen molar-refractivity contribution in [3.05, 3.63) is 47.0 Å². The van der Waals surface area contributed by atoms with Gasteiger partial charge in [0.25, 0.3) is 5.91 Å². The fraction of sp³-hybridized carbons (Fsp3) is 0.286. The quantitative estimate of drug-likeness (QED) is 0.899.